The molecule has 1 fully saturated rings. The standard InChI is InChI=1S/C19H28ClN3O5/c1-2-27-17-10-16(21)15(20)9-14(17)19(26)22-11-13-12-23(7-8-28-13)6-4-3-5-18(24)25/h9-10,13H,2-8,11-12,21H2,1H3,(H,22,26)(H,24,25)/t13-/m1/s1. The van der Waals surface area contributed by atoms with E-state index in [0.717, 1.165) is 19.5 Å². The van der Waals surface area contributed by atoms with Gasteiger partial charge >= 0.3 is 5.97 Å². The minimum absolute atomic E-state index is 0.128. The topological polar surface area (TPSA) is 114 Å². The number of carbonyl (C=O) groups is 2. The molecule has 2 rings (SSSR count). The van der Waals surface area contributed by atoms with E-state index in [-0.39, 0.29) is 18.4 Å². The van der Waals surface area contributed by atoms with Gasteiger partial charge in [-0.15, -0.1) is 0 Å². The van der Waals surface area contributed by atoms with Crippen molar-refractivity contribution in [1.29, 1.82) is 0 Å². The highest BCUT2D eigenvalue weighted by Crippen LogP contribution is 2.29. The van der Waals surface area contributed by atoms with Crippen LogP contribution < -0.4 is 15.8 Å². The van der Waals surface area contributed by atoms with E-state index in [4.69, 9.17) is 31.9 Å². The predicted molar refractivity (Wildman–Crippen MR) is 107 cm³/mol. The number of nitrogens with one attached hydrogen (secondary N) is 1. The molecule has 1 aliphatic rings. The van der Waals surface area contributed by atoms with Crippen LogP contribution in [0.1, 0.15) is 36.5 Å². The Morgan fingerprint density at radius 3 is 2.93 bits per heavy atom. The summed E-state index contributed by atoms with van der Waals surface area (Å²) < 4.78 is 11.2. The van der Waals surface area contributed by atoms with Crippen molar-refractivity contribution in [2.45, 2.75) is 32.3 Å². The Balaban J connectivity index is 1.85. The predicted octanol–water partition coefficient (Wildman–Crippen LogP) is 2.01. The van der Waals surface area contributed by atoms with Crippen molar-refractivity contribution >= 4 is 29.2 Å². The van der Waals surface area contributed by atoms with Gasteiger partial charge in [-0.05, 0) is 32.4 Å². The number of nitrogens with zero attached hydrogens (tertiary/aromatic N) is 1. The van der Waals surface area contributed by atoms with Crippen molar-refractivity contribution in [1.82, 2.24) is 10.2 Å². The molecule has 1 aromatic rings. The quantitative estimate of drug-likeness (QED) is 0.397. The third-order valence-electron chi connectivity index (χ3n) is 4.47. The Morgan fingerprint density at radius 1 is 1.43 bits per heavy atom. The Labute approximate surface area is 169 Å². The van der Waals surface area contributed by atoms with E-state index in [1.807, 2.05) is 6.92 Å². The van der Waals surface area contributed by atoms with Gasteiger partial charge in [-0.2, -0.15) is 0 Å². The summed E-state index contributed by atoms with van der Waals surface area (Å²) in [4.78, 5) is 25.4. The van der Waals surface area contributed by atoms with Crippen molar-refractivity contribution < 1.29 is 24.2 Å². The third-order valence-corrected chi connectivity index (χ3v) is 4.80. The average molecular weight is 414 g/mol. The van der Waals surface area contributed by atoms with Crippen molar-refractivity contribution in [2.24, 2.45) is 0 Å². The lowest BCUT2D eigenvalue weighted by Gasteiger charge is -2.33. The highest BCUT2D eigenvalue weighted by Gasteiger charge is 2.22. The van der Waals surface area contributed by atoms with Crippen LogP contribution in [0.15, 0.2) is 12.1 Å². The van der Waals surface area contributed by atoms with E-state index >= 15 is 0 Å². The summed E-state index contributed by atoms with van der Waals surface area (Å²) in [6.07, 6.45) is 1.55. The van der Waals surface area contributed by atoms with Crippen LogP contribution in [0.5, 0.6) is 5.75 Å². The molecule has 0 saturated carbocycles. The van der Waals surface area contributed by atoms with Gasteiger partial charge in [-0.25, -0.2) is 0 Å². The number of halogens is 1. The third kappa shape index (κ3) is 6.85. The zero-order chi connectivity index (χ0) is 20.5. The number of aliphatic carboxylic acids is 1. The second-order valence-corrected chi connectivity index (χ2v) is 7.06. The summed E-state index contributed by atoms with van der Waals surface area (Å²) in [7, 11) is 0. The minimum atomic E-state index is -0.767. The SMILES string of the molecule is CCOc1cc(N)c(Cl)cc1C(=O)NC[C@@H]1CN(CCCCC(=O)O)CCO1. The Bertz CT molecular complexity index is 686. The van der Waals surface area contributed by atoms with Gasteiger partial charge in [0, 0.05) is 32.1 Å². The largest absolute Gasteiger partial charge is 0.493 e. The Hall–Kier alpha value is -2.03. The van der Waals surface area contributed by atoms with Gasteiger partial charge in [0.15, 0.2) is 0 Å². The fraction of sp³-hybridized carbons (Fsp3) is 0.579. The maximum Gasteiger partial charge on any atom is 0.303 e. The fourth-order valence-corrected chi connectivity index (χ4v) is 3.21. The Kier molecular flexibility index (Phi) is 8.82. The van der Waals surface area contributed by atoms with Crippen LogP contribution >= 0.6 is 11.6 Å². The molecule has 1 saturated heterocycles. The van der Waals surface area contributed by atoms with E-state index in [1.54, 1.807) is 6.07 Å². The molecule has 0 radical (unpaired) electrons. The first-order valence-electron chi connectivity index (χ1n) is 9.46. The molecule has 1 aromatic carbocycles. The molecule has 0 unspecified atom stereocenters. The average Bonchev–Trinajstić information content (AvgIpc) is 2.66. The van der Waals surface area contributed by atoms with E-state index in [1.165, 1.54) is 6.07 Å². The number of carboxylic acids is 1. The monoisotopic (exact) mass is 413 g/mol. The smallest absolute Gasteiger partial charge is 0.303 e. The minimum Gasteiger partial charge on any atom is -0.493 e. The number of anilines is 1. The molecule has 1 atom stereocenters. The second-order valence-electron chi connectivity index (χ2n) is 6.66. The molecule has 0 spiro atoms. The first-order chi connectivity index (χ1) is 13.4. The Morgan fingerprint density at radius 2 is 2.21 bits per heavy atom. The number of nitrogen functional groups attached to an aromatic ring is 1. The number of nitrogens with two attached hydrogens (primary N) is 1. The molecular weight excluding hydrogens is 386 g/mol. The zero-order valence-electron chi connectivity index (χ0n) is 16.1. The number of benzene rings is 1. The van der Waals surface area contributed by atoms with Crippen LogP contribution in [-0.2, 0) is 9.53 Å². The molecule has 1 aliphatic heterocycles. The number of morpholine rings is 1. The molecule has 0 bridgehead atoms. The second kappa shape index (κ2) is 11.1. The van der Waals surface area contributed by atoms with E-state index in [2.05, 4.69) is 10.2 Å². The van der Waals surface area contributed by atoms with Crippen LogP contribution in [0.25, 0.3) is 0 Å². The van der Waals surface area contributed by atoms with Crippen molar-refractivity contribution in [3.8, 4) is 5.75 Å². The number of rotatable bonds is 10. The molecule has 1 heterocycles. The van der Waals surface area contributed by atoms with E-state index in [9.17, 15) is 9.59 Å². The lowest BCUT2D eigenvalue weighted by Crippen LogP contribution is -2.47. The van der Waals surface area contributed by atoms with Crippen LogP contribution in [0, 0.1) is 0 Å². The summed E-state index contributed by atoms with van der Waals surface area (Å²) in [6, 6.07) is 3.06. The number of amides is 1. The van der Waals surface area contributed by atoms with Gasteiger partial charge in [-0.1, -0.05) is 11.6 Å². The first-order valence-corrected chi connectivity index (χ1v) is 9.84. The van der Waals surface area contributed by atoms with E-state index in [0.29, 0.717) is 54.7 Å². The maximum atomic E-state index is 12.6. The van der Waals surface area contributed by atoms with Gasteiger partial charge in [0.1, 0.15) is 5.75 Å². The number of unbranched alkanes of at least 4 members (excludes halogenated alkanes) is 1. The lowest BCUT2D eigenvalue weighted by molar-refractivity contribution is -0.137. The highest BCUT2D eigenvalue weighted by atomic mass is 35.5. The lowest BCUT2D eigenvalue weighted by atomic mass is 10.1. The highest BCUT2D eigenvalue weighted by molar-refractivity contribution is 6.33. The molecule has 0 aromatic heterocycles. The molecule has 0 aliphatic carbocycles. The molecule has 9 heteroatoms. The van der Waals surface area contributed by atoms with Crippen LogP contribution in [-0.4, -0.2) is 67.4 Å². The van der Waals surface area contributed by atoms with Gasteiger partial charge < -0.3 is 25.6 Å². The number of carbonyl (C=O) groups excluding carboxylic acids is 1. The maximum absolute atomic E-state index is 12.6. The number of ether oxygens (including phenoxy) is 2. The fourth-order valence-electron chi connectivity index (χ4n) is 3.04. The first kappa shape index (κ1) is 22.3. The number of carboxylic acid groups (broad SMARTS) is 1. The molecule has 1 amide bonds. The molecule has 156 valence electrons. The summed E-state index contributed by atoms with van der Waals surface area (Å²) in [5.41, 5.74) is 6.48. The van der Waals surface area contributed by atoms with Crippen LogP contribution in [0.4, 0.5) is 5.69 Å². The zero-order valence-corrected chi connectivity index (χ0v) is 16.8. The molecule has 8 nitrogen and oxygen atoms in total. The van der Waals surface area contributed by atoms with E-state index < -0.39 is 5.97 Å². The van der Waals surface area contributed by atoms with Crippen molar-refractivity contribution in [3.05, 3.63) is 22.7 Å². The summed E-state index contributed by atoms with van der Waals surface area (Å²) >= 11 is 6.05. The molecule has 28 heavy (non-hydrogen) atoms. The van der Waals surface area contributed by atoms with Gasteiger partial charge in [0.2, 0.25) is 0 Å². The molecule has 4 N–H and O–H groups in total. The summed E-state index contributed by atoms with van der Waals surface area (Å²) in [5.74, 6) is -0.671. The molecular formula is C19H28ClN3O5. The van der Waals surface area contributed by atoms with Gasteiger partial charge in [0.25, 0.3) is 5.91 Å². The van der Waals surface area contributed by atoms with Gasteiger partial charge in [-0.3, -0.25) is 14.5 Å². The number of hydrogen-bond donors (Lipinski definition) is 3. The summed E-state index contributed by atoms with van der Waals surface area (Å²) in [6.45, 7) is 5.49. The number of hydrogen-bond acceptors (Lipinski definition) is 6. The van der Waals surface area contributed by atoms with Crippen molar-refractivity contribution in [3.63, 3.8) is 0 Å². The summed E-state index contributed by atoms with van der Waals surface area (Å²) in [5, 5.41) is 11.9. The normalized spacial score (nSPS) is 17.3. The van der Waals surface area contributed by atoms with Gasteiger partial charge in [0.05, 0.1) is 35.6 Å². The van der Waals surface area contributed by atoms with Crippen LogP contribution in [0.2, 0.25) is 5.02 Å². The van der Waals surface area contributed by atoms with Crippen molar-refractivity contribution in [2.75, 3.05) is 45.1 Å². The van der Waals surface area contributed by atoms with Crippen LogP contribution in [0.3, 0.4) is 0 Å².